The monoisotopic (exact) mass is 276 g/mol. The van der Waals surface area contributed by atoms with Crippen LogP contribution in [0.1, 0.15) is 47.2 Å². The molecular formula is C15H24N2OSi. The Labute approximate surface area is 117 Å². The molecule has 0 saturated heterocycles. The van der Waals surface area contributed by atoms with Crippen molar-refractivity contribution in [1.82, 2.24) is 4.98 Å². The molecule has 1 rings (SSSR count). The summed E-state index contributed by atoms with van der Waals surface area (Å²) < 4.78 is 6.45. The maximum absolute atomic E-state index is 8.78. The molecule has 0 unspecified atom stereocenters. The number of aromatic nitrogens is 1. The number of pyridine rings is 1. The first-order chi connectivity index (χ1) is 8.84. The molecule has 0 amide bonds. The number of nitriles is 1. The maximum atomic E-state index is 8.78. The van der Waals surface area contributed by atoms with Crippen LogP contribution < -0.4 is 4.43 Å². The molecule has 0 aliphatic rings. The number of nitrogens with zero attached hydrogens (tertiary/aromatic N) is 2. The lowest BCUT2D eigenvalue weighted by Crippen LogP contribution is -2.50. The van der Waals surface area contributed by atoms with Crippen molar-refractivity contribution in [3.63, 3.8) is 0 Å². The molecular weight excluding hydrogens is 252 g/mol. The van der Waals surface area contributed by atoms with Crippen LogP contribution in [0.2, 0.25) is 16.6 Å². The molecule has 0 aliphatic carbocycles. The van der Waals surface area contributed by atoms with Crippen molar-refractivity contribution in [1.29, 1.82) is 5.26 Å². The number of hydrogen-bond acceptors (Lipinski definition) is 3. The Morgan fingerprint density at radius 3 is 1.89 bits per heavy atom. The highest BCUT2D eigenvalue weighted by atomic mass is 28.4. The summed E-state index contributed by atoms with van der Waals surface area (Å²) in [5.74, 6) is 0.793. The summed E-state index contributed by atoms with van der Waals surface area (Å²) in [5.41, 5.74) is 2.02. The molecule has 3 nitrogen and oxygen atoms in total. The van der Waals surface area contributed by atoms with Crippen molar-refractivity contribution in [2.24, 2.45) is 0 Å². The Kier molecular flexibility index (Phi) is 5.13. The van der Waals surface area contributed by atoms with Gasteiger partial charge in [-0.2, -0.15) is 5.26 Å². The van der Waals surface area contributed by atoms with E-state index < -0.39 is 8.32 Å². The summed E-state index contributed by atoms with van der Waals surface area (Å²) in [6.45, 7) is 13.5. The van der Waals surface area contributed by atoms with Crippen LogP contribution in [0.5, 0.6) is 5.75 Å². The van der Waals surface area contributed by atoms with Gasteiger partial charge in [0, 0.05) is 0 Å². The molecule has 4 heteroatoms. The molecule has 0 bridgehead atoms. The molecule has 0 radical (unpaired) electrons. The van der Waals surface area contributed by atoms with Crippen LogP contribution in [0.15, 0.2) is 18.3 Å². The molecule has 1 aromatic rings. The summed E-state index contributed by atoms with van der Waals surface area (Å²) in [7, 11) is -1.92. The zero-order valence-electron chi connectivity index (χ0n) is 12.8. The van der Waals surface area contributed by atoms with E-state index in [0.717, 1.165) is 5.75 Å². The second-order valence-corrected chi connectivity index (χ2v) is 11.3. The highest BCUT2D eigenvalue weighted by molar-refractivity contribution is 6.78. The maximum Gasteiger partial charge on any atom is 0.258 e. The van der Waals surface area contributed by atoms with Crippen molar-refractivity contribution in [3.05, 3.63) is 24.0 Å². The third-order valence-electron chi connectivity index (χ3n) is 3.85. The minimum atomic E-state index is -1.92. The Hall–Kier alpha value is -1.34. The van der Waals surface area contributed by atoms with Crippen LogP contribution in [0.3, 0.4) is 0 Å². The van der Waals surface area contributed by atoms with Crippen molar-refractivity contribution in [2.75, 3.05) is 0 Å². The SMILES string of the molecule is CC(C)[Si](Oc1ccc(C#N)nc1)(C(C)C)C(C)C. The van der Waals surface area contributed by atoms with Crippen LogP contribution in [0.25, 0.3) is 0 Å². The summed E-state index contributed by atoms with van der Waals surface area (Å²) in [5, 5.41) is 8.78. The summed E-state index contributed by atoms with van der Waals surface area (Å²) in [6, 6.07) is 5.61. The van der Waals surface area contributed by atoms with E-state index in [1.807, 2.05) is 12.1 Å². The molecule has 0 N–H and O–H groups in total. The van der Waals surface area contributed by atoms with E-state index in [2.05, 4.69) is 46.5 Å². The molecule has 19 heavy (non-hydrogen) atoms. The zero-order valence-corrected chi connectivity index (χ0v) is 13.8. The van der Waals surface area contributed by atoms with Crippen LogP contribution >= 0.6 is 0 Å². The summed E-state index contributed by atoms with van der Waals surface area (Å²) in [4.78, 5) is 4.10. The van der Waals surface area contributed by atoms with Crippen LogP contribution in [-0.2, 0) is 0 Å². The molecule has 0 spiro atoms. The molecule has 1 aromatic heterocycles. The third-order valence-corrected chi connectivity index (χ3v) is 9.86. The minimum absolute atomic E-state index is 0.429. The van der Waals surface area contributed by atoms with Gasteiger partial charge in [0.05, 0.1) is 6.20 Å². The van der Waals surface area contributed by atoms with Crippen LogP contribution in [0, 0.1) is 11.3 Å². The van der Waals surface area contributed by atoms with Gasteiger partial charge in [0.15, 0.2) is 0 Å². The lowest BCUT2D eigenvalue weighted by atomic mass is 10.4. The fourth-order valence-corrected chi connectivity index (χ4v) is 8.30. The third kappa shape index (κ3) is 3.16. The smallest absolute Gasteiger partial charge is 0.258 e. The first-order valence-electron chi connectivity index (χ1n) is 6.89. The molecule has 0 saturated carbocycles. The fourth-order valence-electron chi connectivity index (χ4n) is 3.06. The van der Waals surface area contributed by atoms with Gasteiger partial charge >= 0.3 is 0 Å². The van der Waals surface area contributed by atoms with Gasteiger partial charge in [-0.3, -0.25) is 0 Å². The lowest BCUT2D eigenvalue weighted by molar-refractivity contribution is 0.478. The molecule has 0 atom stereocenters. The van der Waals surface area contributed by atoms with E-state index in [9.17, 15) is 0 Å². The van der Waals surface area contributed by atoms with Gasteiger partial charge in [-0.05, 0) is 28.8 Å². The minimum Gasteiger partial charge on any atom is -0.542 e. The predicted molar refractivity (Wildman–Crippen MR) is 80.6 cm³/mol. The van der Waals surface area contributed by atoms with E-state index in [4.69, 9.17) is 9.69 Å². The van der Waals surface area contributed by atoms with E-state index in [1.165, 1.54) is 0 Å². The molecule has 104 valence electrons. The standard InChI is InChI=1S/C15H24N2OSi/c1-11(2)19(12(3)4,13(5)6)18-15-8-7-14(9-16)17-10-15/h7-8,10-13H,1-6H3. The van der Waals surface area contributed by atoms with E-state index in [1.54, 1.807) is 12.3 Å². The average Bonchev–Trinajstić information content (AvgIpc) is 2.35. The van der Waals surface area contributed by atoms with E-state index >= 15 is 0 Å². The van der Waals surface area contributed by atoms with Crippen molar-refractivity contribution >= 4 is 8.32 Å². The van der Waals surface area contributed by atoms with Crippen molar-refractivity contribution < 1.29 is 4.43 Å². The van der Waals surface area contributed by atoms with Gasteiger partial charge in [-0.25, -0.2) is 4.98 Å². The first kappa shape index (κ1) is 15.7. The van der Waals surface area contributed by atoms with Gasteiger partial charge in [0.25, 0.3) is 8.32 Å². The molecule has 1 heterocycles. The van der Waals surface area contributed by atoms with E-state index in [-0.39, 0.29) is 0 Å². The lowest BCUT2D eigenvalue weighted by Gasteiger charge is -2.42. The highest BCUT2D eigenvalue weighted by Gasteiger charge is 2.46. The molecule has 0 fully saturated rings. The Bertz CT molecular complexity index is 424. The molecule has 0 aromatic carbocycles. The van der Waals surface area contributed by atoms with Crippen molar-refractivity contribution in [2.45, 2.75) is 58.2 Å². The van der Waals surface area contributed by atoms with Gasteiger partial charge in [0.2, 0.25) is 0 Å². The second-order valence-electron chi connectivity index (χ2n) is 5.91. The molecule has 0 aliphatic heterocycles. The quantitative estimate of drug-likeness (QED) is 0.743. The number of hydrogen-bond donors (Lipinski definition) is 0. The fraction of sp³-hybridized carbons (Fsp3) is 0.600. The van der Waals surface area contributed by atoms with Crippen LogP contribution in [-0.4, -0.2) is 13.3 Å². The zero-order chi connectivity index (χ0) is 14.6. The highest BCUT2D eigenvalue weighted by Crippen LogP contribution is 2.42. The Balaban J connectivity index is 3.10. The largest absolute Gasteiger partial charge is 0.542 e. The average molecular weight is 276 g/mol. The first-order valence-corrected chi connectivity index (χ1v) is 9.03. The van der Waals surface area contributed by atoms with Gasteiger partial charge in [0.1, 0.15) is 17.5 Å². The van der Waals surface area contributed by atoms with Gasteiger partial charge < -0.3 is 4.43 Å². The van der Waals surface area contributed by atoms with E-state index in [0.29, 0.717) is 22.3 Å². The van der Waals surface area contributed by atoms with Gasteiger partial charge in [-0.1, -0.05) is 41.5 Å². The second kappa shape index (κ2) is 6.20. The summed E-state index contributed by atoms with van der Waals surface area (Å²) in [6.07, 6.45) is 1.67. The Morgan fingerprint density at radius 2 is 1.58 bits per heavy atom. The normalized spacial score (nSPS) is 12.0. The summed E-state index contributed by atoms with van der Waals surface area (Å²) >= 11 is 0. The van der Waals surface area contributed by atoms with Gasteiger partial charge in [-0.15, -0.1) is 0 Å². The topological polar surface area (TPSA) is 45.9 Å². The number of rotatable bonds is 5. The Morgan fingerprint density at radius 1 is 1.05 bits per heavy atom. The predicted octanol–water partition coefficient (Wildman–Crippen LogP) is 4.51. The van der Waals surface area contributed by atoms with Crippen LogP contribution in [0.4, 0.5) is 0 Å². The van der Waals surface area contributed by atoms with Crippen molar-refractivity contribution in [3.8, 4) is 11.8 Å².